The number of rotatable bonds is 2. The van der Waals surface area contributed by atoms with E-state index in [2.05, 4.69) is 10.1 Å². The van der Waals surface area contributed by atoms with E-state index in [9.17, 15) is 8.42 Å². The van der Waals surface area contributed by atoms with E-state index in [-0.39, 0.29) is 10.5 Å². The highest BCUT2D eigenvalue weighted by molar-refractivity contribution is 7.90. The molecular weight excluding hydrogens is 286 g/mol. The predicted molar refractivity (Wildman–Crippen MR) is 71.6 cm³/mol. The van der Waals surface area contributed by atoms with Gasteiger partial charge in [0.1, 0.15) is 0 Å². The molecule has 7 heteroatoms. The van der Waals surface area contributed by atoms with Gasteiger partial charge in [0.25, 0.3) is 10.0 Å². The third-order valence-electron chi connectivity index (χ3n) is 2.66. The summed E-state index contributed by atoms with van der Waals surface area (Å²) >= 11 is 5.98. The van der Waals surface area contributed by atoms with Crippen molar-refractivity contribution in [2.75, 3.05) is 0 Å². The third kappa shape index (κ3) is 1.89. The van der Waals surface area contributed by atoms with Crippen molar-refractivity contribution in [3.8, 4) is 0 Å². The Bertz CT molecular complexity index is 844. The van der Waals surface area contributed by atoms with E-state index in [0.29, 0.717) is 10.4 Å². The maximum atomic E-state index is 12.4. The van der Waals surface area contributed by atoms with Crippen molar-refractivity contribution in [1.29, 1.82) is 0 Å². The van der Waals surface area contributed by atoms with Gasteiger partial charge in [-0.05, 0) is 18.2 Å². The van der Waals surface area contributed by atoms with Crippen LogP contribution in [0.3, 0.4) is 0 Å². The summed E-state index contributed by atoms with van der Waals surface area (Å²) in [5.74, 6) is 0. The molecule has 19 heavy (non-hydrogen) atoms. The molecule has 0 aliphatic carbocycles. The molecule has 0 amide bonds. The van der Waals surface area contributed by atoms with Crippen LogP contribution in [0.15, 0.2) is 53.7 Å². The van der Waals surface area contributed by atoms with E-state index in [1.165, 1.54) is 24.5 Å². The lowest BCUT2D eigenvalue weighted by atomic mass is 10.4. The molecule has 0 fully saturated rings. The minimum absolute atomic E-state index is 0.154. The fraction of sp³-hybridized carbons (Fsp3) is 0. The lowest BCUT2D eigenvalue weighted by Gasteiger charge is -2.04. The zero-order chi connectivity index (χ0) is 13.5. The number of halogens is 1. The van der Waals surface area contributed by atoms with Gasteiger partial charge in [-0.15, -0.1) is 4.09 Å². The van der Waals surface area contributed by atoms with Crippen molar-refractivity contribution in [3.63, 3.8) is 0 Å². The van der Waals surface area contributed by atoms with Crippen molar-refractivity contribution in [2.24, 2.45) is 0 Å². The van der Waals surface area contributed by atoms with Gasteiger partial charge in [-0.1, -0.05) is 29.8 Å². The van der Waals surface area contributed by atoms with E-state index >= 15 is 0 Å². The summed E-state index contributed by atoms with van der Waals surface area (Å²) < 4.78 is 25.8. The maximum absolute atomic E-state index is 12.4. The quantitative estimate of drug-likeness (QED) is 0.727. The highest BCUT2D eigenvalue weighted by atomic mass is 35.5. The fourth-order valence-electron chi connectivity index (χ4n) is 1.74. The van der Waals surface area contributed by atoms with Gasteiger partial charge in [0.15, 0.2) is 5.65 Å². The second-order valence-electron chi connectivity index (χ2n) is 3.84. The van der Waals surface area contributed by atoms with Gasteiger partial charge in [-0.2, -0.15) is 13.5 Å². The highest BCUT2D eigenvalue weighted by Crippen LogP contribution is 2.23. The summed E-state index contributed by atoms with van der Waals surface area (Å²) in [6.45, 7) is 0. The first-order valence-corrected chi connectivity index (χ1v) is 7.21. The number of nitrogens with zero attached hydrogens (tertiary/aromatic N) is 3. The van der Waals surface area contributed by atoms with Crippen molar-refractivity contribution >= 4 is 32.7 Å². The first-order valence-electron chi connectivity index (χ1n) is 5.39. The van der Waals surface area contributed by atoms with Crippen molar-refractivity contribution in [3.05, 3.63) is 53.8 Å². The van der Waals surface area contributed by atoms with Gasteiger partial charge >= 0.3 is 0 Å². The molecule has 0 saturated carbocycles. The Morgan fingerprint density at radius 2 is 1.84 bits per heavy atom. The Balaban J connectivity index is 2.29. The number of hydrogen-bond acceptors (Lipinski definition) is 4. The Morgan fingerprint density at radius 1 is 1.11 bits per heavy atom. The summed E-state index contributed by atoms with van der Waals surface area (Å²) in [4.78, 5) is 4.19. The molecule has 0 N–H and O–H groups in total. The number of hydrogen-bond donors (Lipinski definition) is 0. The highest BCUT2D eigenvalue weighted by Gasteiger charge is 2.21. The van der Waals surface area contributed by atoms with Gasteiger partial charge in [-0.25, -0.2) is 4.98 Å². The van der Waals surface area contributed by atoms with Gasteiger partial charge in [0, 0.05) is 6.20 Å². The standard InChI is InChI=1S/C12H8ClN3O2S/c13-11-6-7-14-12-10(11)8-15-16(12)19(17,18)9-4-2-1-3-5-9/h1-8H. The first-order chi connectivity index (χ1) is 9.10. The Kier molecular flexibility index (Phi) is 2.76. The minimum Gasteiger partial charge on any atom is -0.236 e. The van der Waals surface area contributed by atoms with E-state index in [1.807, 2.05) is 0 Å². The molecule has 0 spiro atoms. The largest absolute Gasteiger partial charge is 0.284 e. The average molecular weight is 294 g/mol. The summed E-state index contributed by atoms with van der Waals surface area (Å²) in [6.07, 6.45) is 2.84. The van der Waals surface area contributed by atoms with E-state index < -0.39 is 10.0 Å². The maximum Gasteiger partial charge on any atom is 0.284 e. The Labute approximate surface area is 114 Å². The molecule has 1 aromatic carbocycles. The van der Waals surface area contributed by atoms with Crippen LogP contribution in [0.4, 0.5) is 0 Å². The van der Waals surface area contributed by atoms with E-state index in [0.717, 1.165) is 4.09 Å². The molecule has 5 nitrogen and oxygen atoms in total. The Hall–Kier alpha value is -1.92. The smallest absolute Gasteiger partial charge is 0.236 e. The minimum atomic E-state index is -3.75. The van der Waals surface area contributed by atoms with Crippen molar-refractivity contribution < 1.29 is 8.42 Å². The molecule has 2 aromatic heterocycles. The number of pyridine rings is 1. The predicted octanol–water partition coefficient (Wildman–Crippen LogP) is 2.32. The van der Waals surface area contributed by atoms with Crippen LogP contribution in [-0.4, -0.2) is 22.6 Å². The summed E-state index contributed by atoms with van der Waals surface area (Å²) in [7, 11) is -3.75. The van der Waals surface area contributed by atoms with Crippen LogP contribution in [0.2, 0.25) is 5.02 Å². The molecule has 0 atom stereocenters. The molecule has 3 aromatic rings. The second kappa shape index (κ2) is 4.32. The second-order valence-corrected chi connectivity index (χ2v) is 6.01. The van der Waals surface area contributed by atoms with Crippen molar-refractivity contribution in [1.82, 2.24) is 14.2 Å². The number of benzene rings is 1. The lowest BCUT2D eigenvalue weighted by Crippen LogP contribution is -2.14. The summed E-state index contributed by atoms with van der Waals surface area (Å²) in [5.41, 5.74) is 0.219. The zero-order valence-corrected chi connectivity index (χ0v) is 11.1. The van der Waals surface area contributed by atoms with Gasteiger partial charge < -0.3 is 0 Å². The number of fused-ring (bicyclic) bond motifs is 1. The van der Waals surface area contributed by atoms with Crippen LogP contribution < -0.4 is 0 Å². The molecule has 2 heterocycles. The fourth-order valence-corrected chi connectivity index (χ4v) is 3.18. The third-order valence-corrected chi connectivity index (χ3v) is 4.58. The van der Waals surface area contributed by atoms with Crippen LogP contribution in [0, 0.1) is 0 Å². The lowest BCUT2D eigenvalue weighted by molar-refractivity contribution is 0.582. The molecule has 0 radical (unpaired) electrons. The average Bonchev–Trinajstić information content (AvgIpc) is 2.86. The Morgan fingerprint density at radius 3 is 2.58 bits per heavy atom. The van der Waals surface area contributed by atoms with E-state index in [1.54, 1.807) is 24.3 Å². The molecule has 0 bridgehead atoms. The van der Waals surface area contributed by atoms with Crippen LogP contribution >= 0.6 is 11.6 Å². The van der Waals surface area contributed by atoms with E-state index in [4.69, 9.17) is 11.6 Å². The number of aromatic nitrogens is 3. The molecule has 0 aliphatic heterocycles. The molecule has 96 valence electrons. The molecule has 3 rings (SSSR count). The van der Waals surface area contributed by atoms with Crippen LogP contribution in [0.5, 0.6) is 0 Å². The van der Waals surface area contributed by atoms with Crippen LogP contribution in [0.25, 0.3) is 11.0 Å². The normalized spacial score (nSPS) is 11.8. The van der Waals surface area contributed by atoms with Gasteiger partial charge in [-0.3, -0.25) is 0 Å². The van der Waals surface area contributed by atoms with Gasteiger partial charge in [0.05, 0.1) is 21.5 Å². The zero-order valence-electron chi connectivity index (χ0n) is 9.56. The topological polar surface area (TPSA) is 64.8 Å². The molecule has 0 aliphatic rings. The molecule has 0 unspecified atom stereocenters. The summed E-state index contributed by atoms with van der Waals surface area (Å²) in [6, 6.07) is 9.65. The first kappa shape index (κ1) is 12.1. The molecule has 0 saturated heterocycles. The van der Waals surface area contributed by atoms with Crippen molar-refractivity contribution in [2.45, 2.75) is 4.90 Å². The van der Waals surface area contributed by atoms with Gasteiger partial charge in [0.2, 0.25) is 0 Å². The monoisotopic (exact) mass is 293 g/mol. The SMILES string of the molecule is O=S(=O)(c1ccccc1)n1ncc2c(Cl)ccnc21. The van der Waals surface area contributed by atoms with Crippen LogP contribution in [0.1, 0.15) is 0 Å². The molecular formula is C12H8ClN3O2S. The summed E-state index contributed by atoms with van der Waals surface area (Å²) in [5, 5.41) is 4.81. The van der Waals surface area contributed by atoms with Crippen LogP contribution in [-0.2, 0) is 10.0 Å².